The average molecular weight is 488 g/mol. The number of hydrogen-bond donors (Lipinski definition) is 3. The van der Waals surface area contributed by atoms with E-state index in [0.717, 1.165) is 30.7 Å². The molecule has 2 rings (SSSR count). The normalized spacial score (nSPS) is 14.6. The number of carbonyl (C=O) groups is 1. The lowest BCUT2D eigenvalue weighted by atomic mass is 9.96. The molecule has 0 saturated heterocycles. The first kappa shape index (κ1) is 23.5. The molecule has 0 radical (unpaired) electrons. The fourth-order valence-corrected chi connectivity index (χ4v) is 2.55. The van der Waals surface area contributed by atoms with Crippen LogP contribution < -0.4 is 20.7 Å². The standard InChI is InChI=1S/C20H32N4O2.HI/c1-5-21-19(23-14-18(25)24-20(2,3)4)22-13-15-9-6-7-12-17(15)26-16-10-8-11-16;/h6-7,9,12,16H,5,8,10-11,13-14H2,1-4H3,(H,24,25)(H2,21,22,23);1H. The van der Waals surface area contributed by atoms with Crippen molar-refractivity contribution in [2.75, 3.05) is 13.1 Å². The molecule has 0 heterocycles. The maximum Gasteiger partial charge on any atom is 0.239 e. The molecule has 1 amide bonds. The number of ether oxygens (including phenoxy) is 1. The van der Waals surface area contributed by atoms with Gasteiger partial charge < -0.3 is 20.7 Å². The highest BCUT2D eigenvalue weighted by Gasteiger charge is 2.20. The topological polar surface area (TPSA) is 74.8 Å². The minimum atomic E-state index is -0.244. The summed E-state index contributed by atoms with van der Waals surface area (Å²) in [5.74, 6) is 1.47. The predicted octanol–water partition coefficient (Wildman–Crippen LogP) is 3.21. The molecule has 0 unspecified atom stereocenters. The largest absolute Gasteiger partial charge is 0.490 e. The molecule has 1 aromatic carbocycles. The van der Waals surface area contributed by atoms with Crippen LogP contribution in [0.2, 0.25) is 0 Å². The number of hydrogen-bond acceptors (Lipinski definition) is 3. The average Bonchev–Trinajstić information content (AvgIpc) is 2.53. The van der Waals surface area contributed by atoms with Crippen LogP contribution in [0.5, 0.6) is 5.75 Å². The number of carbonyl (C=O) groups excluding carboxylic acids is 1. The molecule has 0 spiro atoms. The summed E-state index contributed by atoms with van der Waals surface area (Å²) in [5, 5.41) is 9.18. The summed E-state index contributed by atoms with van der Waals surface area (Å²) in [6.45, 7) is 9.30. The number of nitrogens with one attached hydrogen (secondary N) is 3. The Morgan fingerprint density at radius 1 is 1.22 bits per heavy atom. The van der Waals surface area contributed by atoms with Gasteiger partial charge in [-0.15, -0.1) is 24.0 Å². The van der Waals surface area contributed by atoms with Crippen molar-refractivity contribution in [1.29, 1.82) is 0 Å². The molecule has 0 atom stereocenters. The van der Waals surface area contributed by atoms with E-state index in [4.69, 9.17) is 4.74 Å². The first-order valence-electron chi connectivity index (χ1n) is 9.45. The van der Waals surface area contributed by atoms with Crippen LogP contribution in [0.25, 0.3) is 0 Å². The van der Waals surface area contributed by atoms with Crippen molar-refractivity contribution in [1.82, 2.24) is 16.0 Å². The molecular weight excluding hydrogens is 455 g/mol. The fourth-order valence-electron chi connectivity index (χ4n) is 2.55. The molecule has 1 aliphatic carbocycles. The number of amides is 1. The zero-order valence-corrected chi connectivity index (χ0v) is 19.1. The molecule has 3 N–H and O–H groups in total. The van der Waals surface area contributed by atoms with Gasteiger partial charge in [0, 0.05) is 17.6 Å². The van der Waals surface area contributed by atoms with Gasteiger partial charge >= 0.3 is 0 Å². The molecule has 0 bridgehead atoms. The van der Waals surface area contributed by atoms with Crippen LogP contribution in [-0.4, -0.2) is 36.6 Å². The van der Waals surface area contributed by atoms with Gasteiger partial charge in [0.15, 0.2) is 5.96 Å². The van der Waals surface area contributed by atoms with Crippen molar-refractivity contribution in [3.63, 3.8) is 0 Å². The zero-order chi connectivity index (χ0) is 19.0. The molecular formula is C20H33IN4O2. The third kappa shape index (κ3) is 8.81. The number of nitrogens with zero attached hydrogens (tertiary/aromatic N) is 1. The van der Waals surface area contributed by atoms with Crippen LogP contribution in [0.15, 0.2) is 29.3 Å². The lowest BCUT2D eigenvalue weighted by molar-refractivity contribution is -0.121. The van der Waals surface area contributed by atoms with Crippen molar-refractivity contribution in [3.8, 4) is 5.75 Å². The van der Waals surface area contributed by atoms with Gasteiger partial charge in [-0.1, -0.05) is 18.2 Å². The molecule has 152 valence electrons. The first-order valence-corrected chi connectivity index (χ1v) is 9.45. The molecule has 1 aromatic rings. The van der Waals surface area contributed by atoms with Crippen molar-refractivity contribution in [2.24, 2.45) is 4.99 Å². The lowest BCUT2D eigenvalue weighted by Crippen LogP contribution is -2.48. The Bertz CT molecular complexity index is 625. The van der Waals surface area contributed by atoms with E-state index < -0.39 is 0 Å². The Balaban J connectivity index is 0.00000364. The zero-order valence-electron chi connectivity index (χ0n) is 16.8. The number of guanidine groups is 1. The molecule has 6 nitrogen and oxygen atoms in total. The van der Waals surface area contributed by atoms with Crippen LogP contribution in [0.4, 0.5) is 0 Å². The highest BCUT2D eigenvalue weighted by molar-refractivity contribution is 14.0. The van der Waals surface area contributed by atoms with Crippen molar-refractivity contribution in [2.45, 2.75) is 65.1 Å². The minimum absolute atomic E-state index is 0. The Morgan fingerprint density at radius 2 is 1.93 bits per heavy atom. The van der Waals surface area contributed by atoms with Gasteiger partial charge in [-0.3, -0.25) is 4.79 Å². The van der Waals surface area contributed by atoms with Gasteiger partial charge in [-0.25, -0.2) is 4.99 Å². The van der Waals surface area contributed by atoms with Crippen molar-refractivity contribution >= 4 is 35.8 Å². The second-order valence-corrected chi connectivity index (χ2v) is 7.63. The van der Waals surface area contributed by atoms with Gasteiger partial charge in [0.1, 0.15) is 5.75 Å². The lowest BCUT2D eigenvalue weighted by Gasteiger charge is -2.27. The van der Waals surface area contributed by atoms with Gasteiger partial charge in [0.2, 0.25) is 5.91 Å². The second kappa shape index (κ2) is 11.4. The minimum Gasteiger partial charge on any atom is -0.490 e. The first-order chi connectivity index (χ1) is 12.4. The number of benzene rings is 1. The van der Waals surface area contributed by atoms with Gasteiger partial charge in [-0.05, 0) is 53.0 Å². The highest BCUT2D eigenvalue weighted by Crippen LogP contribution is 2.27. The second-order valence-electron chi connectivity index (χ2n) is 7.63. The summed E-state index contributed by atoms with van der Waals surface area (Å²) in [6, 6.07) is 8.02. The van der Waals surface area contributed by atoms with Crippen LogP contribution in [0.3, 0.4) is 0 Å². The molecule has 0 aromatic heterocycles. The predicted molar refractivity (Wildman–Crippen MR) is 121 cm³/mol. The van der Waals surface area contributed by atoms with E-state index in [1.807, 2.05) is 52.0 Å². The van der Waals surface area contributed by atoms with Crippen molar-refractivity contribution in [3.05, 3.63) is 29.8 Å². The number of halogens is 1. The molecule has 1 saturated carbocycles. The third-order valence-corrected chi connectivity index (χ3v) is 4.00. The van der Waals surface area contributed by atoms with E-state index in [2.05, 4.69) is 20.9 Å². The summed E-state index contributed by atoms with van der Waals surface area (Å²) < 4.78 is 6.05. The van der Waals surface area contributed by atoms with Crippen LogP contribution >= 0.6 is 24.0 Å². The molecule has 7 heteroatoms. The SMILES string of the molecule is CCNC(=NCc1ccccc1OC1CCC1)NCC(=O)NC(C)(C)C.I. The molecule has 27 heavy (non-hydrogen) atoms. The summed E-state index contributed by atoms with van der Waals surface area (Å²) in [4.78, 5) is 16.6. The highest BCUT2D eigenvalue weighted by atomic mass is 127. The van der Waals surface area contributed by atoms with E-state index in [-0.39, 0.29) is 42.0 Å². The molecule has 0 aliphatic heterocycles. The summed E-state index contributed by atoms with van der Waals surface area (Å²) in [6.07, 6.45) is 3.85. The van der Waals surface area contributed by atoms with Crippen LogP contribution in [-0.2, 0) is 11.3 Å². The number of rotatable bonds is 7. The van der Waals surface area contributed by atoms with Crippen molar-refractivity contribution < 1.29 is 9.53 Å². The van der Waals surface area contributed by atoms with Crippen LogP contribution in [0.1, 0.15) is 52.5 Å². The van der Waals surface area contributed by atoms with E-state index >= 15 is 0 Å². The van der Waals surface area contributed by atoms with Gasteiger partial charge in [0.05, 0.1) is 19.2 Å². The van der Waals surface area contributed by atoms with Gasteiger partial charge in [-0.2, -0.15) is 0 Å². The molecule has 1 fully saturated rings. The Morgan fingerprint density at radius 3 is 2.52 bits per heavy atom. The molecule has 1 aliphatic rings. The van der Waals surface area contributed by atoms with E-state index in [1.54, 1.807) is 0 Å². The van der Waals surface area contributed by atoms with Gasteiger partial charge in [0.25, 0.3) is 0 Å². The fraction of sp³-hybridized carbons (Fsp3) is 0.600. The number of para-hydroxylation sites is 1. The van der Waals surface area contributed by atoms with E-state index in [9.17, 15) is 4.79 Å². The Hall–Kier alpha value is -1.51. The number of aliphatic imine (C=N–C) groups is 1. The summed E-state index contributed by atoms with van der Waals surface area (Å²) in [5.41, 5.74) is 0.808. The quantitative estimate of drug-likeness (QED) is 0.313. The van der Waals surface area contributed by atoms with E-state index in [0.29, 0.717) is 18.6 Å². The van der Waals surface area contributed by atoms with Crippen LogP contribution in [0, 0.1) is 0 Å². The maximum absolute atomic E-state index is 12.0. The van der Waals surface area contributed by atoms with E-state index in [1.165, 1.54) is 6.42 Å². The summed E-state index contributed by atoms with van der Waals surface area (Å²) >= 11 is 0. The maximum atomic E-state index is 12.0. The monoisotopic (exact) mass is 488 g/mol. The summed E-state index contributed by atoms with van der Waals surface area (Å²) in [7, 11) is 0. The Kier molecular flexibility index (Phi) is 9.90. The smallest absolute Gasteiger partial charge is 0.239 e. The third-order valence-electron chi connectivity index (χ3n) is 4.00. The Labute approximate surface area is 179 Å².